The third-order valence-electron chi connectivity index (χ3n) is 6.07. The van der Waals surface area contributed by atoms with Crippen LogP contribution in [-0.4, -0.2) is 22.2 Å². The van der Waals surface area contributed by atoms with E-state index in [0.717, 1.165) is 24.4 Å². The Bertz CT molecular complexity index is 554. The highest BCUT2D eigenvalue weighted by Gasteiger charge is 2.33. The van der Waals surface area contributed by atoms with Gasteiger partial charge in [-0.3, -0.25) is 9.48 Å². The van der Waals surface area contributed by atoms with Crippen LogP contribution in [0, 0.1) is 5.41 Å². The number of aryl methyl sites for hydroxylation is 1. The van der Waals surface area contributed by atoms with Crippen LogP contribution in [0.2, 0.25) is 0 Å². The summed E-state index contributed by atoms with van der Waals surface area (Å²) in [6.07, 6.45) is 12.7. The zero-order valence-corrected chi connectivity index (χ0v) is 15.0. The van der Waals surface area contributed by atoms with Crippen LogP contribution in [-0.2, 0) is 11.8 Å². The van der Waals surface area contributed by atoms with Crippen LogP contribution in [0.5, 0.6) is 0 Å². The number of carbonyl (C=O) groups is 1. The van der Waals surface area contributed by atoms with Crippen LogP contribution < -0.4 is 11.1 Å². The number of hydrogen-bond acceptors (Lipinski definition) is 3. The first-order valence-electron chi connectivity index (χ1n) is 9.66. The molecule has 0 spiro atoms. The van der Waals surface area contributed by atoms with E-state index in [1.165, 1.54) is 51.4 Å². The second kappa shape index (κ2) is 7.68. The van der Waals surface area contributed by atoms with Gasteiger partial charge in [0.05, 0.1) is 5.69 Å². The number of rotatable bonds is 5. The van der Waals surface area contributed by atoms with Crippen LogP contribution in [0.1, 0.15) is 82.2 Å². The molecule has 5 heteroatoms. The van der Waals surface area contributed by atoms with E-state index in [9.17, 15) is 4.79 Å². The van der Waals surface area contributed by atoms with Gasteiger partial charge in [-0.1, -0.05) is 38.5 Å². The fourth-order valence-corrected chi connectivity index (χ4v) is 4.49. The topological polar surface area (TPSA) is 72.9 Å². The van der Waals surface area contributed by atoms with Crippen molar-refractivity contribution >= 4 is 11.7 Å². The summed E-state index contributed by atoms with van der Waals surface area (Å²) in [5.74, 6) is 1.47. The first kappa shape index (κ1) is 17.5. The van der Waals surface area contributed by atoms with Crippen LogP contribution in [0.15, 0.2) is 6.07 Å². The smallest absolute Gasteiger partial charge is 0.226 e. The van der Waals surface area contributed by atoms with E-state index in [2.05, 4.69) is 16.5 Å². The lowest BCUT2D eigenvalue weighted by Gasteiger charge is -2.35. The van der Waals surface area contributed by atoms with E-state index < -0.39 is 0 Å². The van der Waals surface area contributed by atoms with Gasteiger partial charge in [0.2, 0.25) is 5.91 Å². The molecule has 0 saturated heterocycles. The average molecular weight is 332 g/mol. The van der Waals surface area contributed by atoms with Crippen molar-refractivity contribution in [1.29, 1.82) is 0 Å². The van der Waals surface area contributed by atoms with Crippen molar-refractivity contribution in [3.8, 4) is 0 Å². The molecule has 1 aromatic rings. The second-order valence-electron chi connectivity index (χ2n) is 7.90. The summed E-state index contributed by atoms with van der Waals surface area (Å²) < 4.78 is 1.82. The van der Waals surface area contributed by atoms with Crippen molar-refractivity contribution in [3.63, 3.8) is 0 Å². The number of aromatic nitrogens is 2. The number of carbonyl (C=O) groups excluding carboxylic acids is 1. The Hall–Kier alpha value is -1.36. The Balaban J connectivity index is 1.62. The largest absolute Gasteiger partial charge is 0.330 e. The number of anilines is 1. The monoisotopic (exact) mass is 332 g/mol. The number of hydrogen-bond donors (Lipinski definition) is 2. The molecule has 5 nitrogen and oxygen atoms in total. The van der Waals surface area contributed by atoms with Gasteiger partial charge in [-0.2, -0.15) is 5.10 Å². The molecule has 2 saturated carbocycles. The summed E-state index contributed by atoms with van der Waals surface area (Å²) in [6.45, 7) is 0.610. The van der Waals surface area contributed by atoms with Crippen LogP contribution in [0.3, 0.4) is 0 Å². The minimum Gasteiger partial charge on any atom is -0.330 e. The molecule has 0 aromatic carbocycles. The van der Waals surface area contributed by atoms with Crippen molar-refractivity contribution in [2.75, 3.05) is 11.9 Å². The van der Waals surface area contributed by atoms with E-state index in [1.807, 2.05) is 11.7 Å². The van der Waals surface area contributed by atoms with Gasteiger partial charge < -0.3 is 11.1 Å². The van der Waals surface area contributed by atoms with Crippen molar-refractivity contribution in [1.82, 2.24) is 9.78 Å². The Morgan fingerprint density at radius 3 is 2.58 bits per heavy atom. The Morgan fingerprint density at radius 1 is 1.25 bits per heavy atom. The molecule has 0 aliphatic heterocycles. The highest BCUT2D eigenvalue weighted by Crippen LogP contribution is 2.38. The average Bonchev–Trinajstić information content (AvgIpc) is 2.97. The van der Waals surface area contributed by atoms with E-state index >= 15 is 0 Å². The molecule has 0 radical (unpaired) electrons. The van der Waals surface area contributed by atoms with Gasteiger partial charge in [0.15, 0.2) is 0 Å². The zero-order chi connectivity index (χ0) is 17.0. The summed E-state index contributed by atoms with van der Waals surface area (Å²) in [6, 6.07) is 2.07. The molecule has 1 heterocycles. The molecule has 1 aromatic heterocycles. The van der Waals surface area contributed by atoms with Gasteiger partial charge in [-0.25, -0.2) is 0 Å². The quantitative estimate of drug-likeness (QED) is 0.863. The van der Waals surface area contributed by atoms with Crippen molar-refractivity contribution in [3.05, 3.63) is 11.8 Å². The first-order chi connectivity index (χ1) is 11.6. The summed E-state index contributed by atoms with van der Waals surface area (Å²) in [4.78, 5) is 12.6. The normalized spacial score (nSPS) is 21.6. The maximum atomic E-state index is 12.6. The number of nitrogens with zero attached hydrogens (tertiary/aromatic N) is 2. The van der Waals surface area contributed by atoms with Gasteiger partial charge in [-0.15, -0.1) is 0 Å². The fraction of sp³-hybridized carbons (Fsp3) is 0.789. The third kappa shape index (κ3) is 4.00. The number of nitrogens with two attached hydrogens (primary N) is 1. The Kier molecular flexibility index (Phi) is 5.59. The van der Waals surface area contributed by atoms with Crippen molar-refractivity contribution in [2.24, 2.45) is 18.2 Å². The maximum absolute atomic E-state index is 12.6. The molecule has 2 aliphatic rings. The number of amides is 1. The van der Waals surface area contributed by atoms with Crippen LogP contribution in [0.4, 0.5) is 5.82 Å². The SMILES string of the molecule is Cn1nc(C2CCCCC2)cc1NC(=O)CC1(CN)CCCCC1. The van der Waals surface area contributed by atoms with Crippen molar-refractivity contribution < 1.29 is 4.79 Å². The third-order valence-corrected chi connectivity index (χ3v) is 6.07. The van der Waals surface area contributed by atoms with E-state index in [1.54, 1.807) is 0 Å². The minimum absolute atomic E-state index is 0.00707. The molecular weight excluding hydrogens is 300 g/mol. The van der Waals surface area contributed by atoms with Gasteiger partial charge >= 0.3 is 0 Å². The highest BCUT2D eigenvalue weighted by molar-refractivity contribution is 5.90. The summed E-state index contributed by atoms with van der Waals surface area (Å²) in [5.41, 5.74) is 7.16. The van der Waals surface area contributed by atoms with Crippen molar-refractivity contribution in [2.45, 2.75) is 76.5 Å². The van der Waals surface area contributed by atoms with Gasteiger partial charge in [0, 0.05) is 25.5 Å². The van der Waals surface area contributed by atoms with Gasteiger partial charge in [-0.05, 0) is 37.6 Å². The van der Waals surface area contributed by atoms with E-state index in [-0.39, 0.29) is 11.3 Å². The zero-order valence-electron chi connectivity index (χ0n) is 15.0. The summed E-state index contributed by atoms with van der Waals surface area (Å²) in [5, 5.41) is 7.73. The molecule has 3 rings (SSSR count). The predicted molar refractivity (Wildman–Crippen MR) is 96.9 cm³/mol. The van der Waals surface area contributed by atoms with Gasteiger partial charge in [0.1, 0.15) is 5.82 Å². The predicted octanol–water partition coefficient (Wildman–Crippen LogP) is 3.71. The van der Waals surface area contributed by atoms with E-state index in [4.69, 9.17) is 5.73 Å². The summed E-state index contributed by atoms with van der Waals surface area (Å²) >= 11 is 0. The molecular formula is C19H32N4O. The second-order valence-corrected chi connectivity index (χ2v) is 7.90. The molecule has 0 atom stereocenters. The Labute approximate surface area is 145 Å². The molecule has 0 unspecified atom stereocenters. The Morgan fingerprint density at radius 2 is 1.92 bits per heavy atom. The van der Waals surface area contributed by atoms with Crippen LogP contribution >= 0.6 is 0 Å². The molecule has 0 bridgehead atoms. The maximum Gasteiger partial charge on any atom is 0.226 e. The lowest BCUT2D eigenvalue weighted by molar-refractivity contribution is -0.118. The van der Waals surface area contributed by atoms with E-state index in [0.29, 0.717) is 18.9 Å². The molecule has 2 aliphatic carbocycles. The standard InChI is InChI=1S/C19H32N4O/c1-23-17(12-16(22-23)15-8-4-2-5-9-15)21-18(24)13-19(14-20)10-6-3-7-11-19/h12,15H,2-11,13-14,20H2,1H3,(H,21,24). The molecule has 24 heavy (non-hydrogen) atoms. The lowest BCUT2D eigenvalue weighted by Crippen LogP contribution is -2.36. The fourth-order valence-electron chi connectivity index (χ4n) is 4.49. The molecule has 2 fully saturated rings. The molecule has 134 valence electrons. The summed E-state index contributed by atoms with van der Waals surface area (Å²) in [7, 11) is 1.92. The molecule has 1 amide bonds. The lowest BCUT2D eigenvalue weighted by atomic mass is 9.71. The van der Waals surface area contributed by atoms with Gasteiger partial charge in [0.25, 0.3) is 0 Å². The number of nitrogens with one attached hydrogen (secondary N) is 1. The van der Waals surface area contributed by atoms with Crippen LogP contribution in [0.25, 0.3) is 0 Å². The molecule has 3 N–H and O–H groups in total. The first-order valence-corrected chi connectivity index (χ1v) is 9.66. The minimum atomic E-state index is 0.00707. The highest BCUT2D eigenvalue weighted by atomic mass is 16.1.